The highest BCUT2D eigenvalue weighted by Crippen LogP contribution is 2.19. The molecular weight excluding hydrogens is 286 g/mol. The lowest BCUT2D eigenvalue weighted by atomic mass is 10.1. The van der Waals surface area contributed by atoms with Gasteiger partial charge in [-0.15, -0.1) is 0 Å². The maximum atomic E-state index is 12.5. The van der Waals surface area contributed by atoms with Crippen LogP contribution in [0.5, 0.6) is 5.75 Å². The summed E-state index contributed by atoms with van der Waals surface area (Å²) in [7, 11) is 0. The van der Waals surface area contributed by atoms with E-state index in [1.165, 1.54) is 18.3 Å². The van der Waals surface area contributed by atoms with Crippen molar-refractivity contribution in [3.63, 3.8) is 0 Å². The molecule has 22 heavy (non-hydrogen) atoms. The van der Waals surface area contributed by atoms with E-state index >= 15 is 0 Å². The molecule has 0 aliphatic rings. The Hall–Kier alpha value is -3.22. The van der Waals surface area contributed by atoms with E-state index in [4.69, 9.17) is 5.11 Å². The number of hydrogen-bond donors (Lipinski definition) is 2. The van der Waals surface area contributed by atoms with Gasteiger partial charge in [-0.3, -0.25) is 14.2 Å². The average Bonchev–Trinajstić information content (AvgIpc) is 2.50. The lowest BCUT2D eigenvalue weighted by molar-refractivity contribution is -0.137. The number of aliphatic carboxylic acids is 1. The Bertz CT molecular complexity index is 916. The predicted molar refractivity (Wildman–Crippen MR) is 78.5 cm³/mol. The molecule has 0 saturated heterocycles. The van der Waals surface area contributed by atoms with Crippen LogP contribution in [0.2, 0.25) is 0 Å². The molecule has 2 heterocycles. The van der Waals surface area contributed by atoms with Gasteiger partial charge in [0.15, 0.2) is 5.65 Å². The van der Waals surface area contributed by atoms with Gasteiger partial charge in [-0.1, -0.05) is 0 Å². The number of fused-ring (bicyclic) bond motifs is 1. The molecule has 2 N–H and O–H groups in total. The van der Waals surface area contributed by atoms with E-state index in [0.717, 1.165) is 4.57 Å². The van der Waals surface area contributed by atoms with Crippen LogP contribution < -0.4 is 5.56 Å². The summed E-state index contributed by atoms with van der Waals surface area (Å²) in [6, 6.07) is 9.28. The molecule has 0 aliphatic carbocycles. The Balaban J connectivity index is 2.31. The Morgan fingerprint density at radius 2 is 1.91 bits per heavy atom. The number of aromatic hydroxyl groups is 1. The number of rotatable bonds is 3. The monoisotopic (exact) mass is 297 g/mol. The summed E-state index contributed by atoms with van der Waals surface area (Å²) in [5.41, 5.74) is 0.706. The molecule has 0 amide bonds. The fraction of sp³-hybridized carbons (Fsp3) is 0.0667. The fourth-order valence-corrected chi connectivity index (χ4v) is 2.17. The van der Waals surface area contributed by atoms with E-state index < -0.39 is 18.1 Å². The SMILES string of the molecule is O=C(O)Cn1c(=O)c(-c2ccc(O)cc2)nc2cccnc21. The van der Waals surface area contributed by atoms with Gasteiger partial charge in [0.1, 0.15) is 23.5 Å². The van der Waals surface area contributed by atoms with Crippen molar-refractivity contribution in [3.05, 3.63) is 52.9 Å². The van der Waals surface area contributed by atoms with Crippen molar-refractivity contribution in [3.8, 4) is 17.0 Å². The van der Waals surface area contributed by atoms with Crippen LogP contribution >= 0.6 is 0 Å². The van der Waals surface area contributed by atoms with Crippen LogP contribution in [-0.2, 0) is 11.3 Å². The summed E-state index contributed by atoms with van der Waals surface area (Å²) < 4.78 is 1.08. The minimum Gasteiger partial charge on any atom is -0.508 e. The maximum Gasteiger partial charge on any atom is 0.323 e. The summed E-state index contributed by atoms with van der Waals surface area (Å²) in [4.78, 5) is 31.9. The van der Waals surface area contributed by atoms with E-state index in [-0.39, 0.29) is 17.1 Å². The fourth-order valence-electron chi connectivity index (χ4n) is 2.17. The molecule has 7 nitrogen and oxygen atoms in total. The molecule has 110 valence electrons. The minimum absolute atomic E-state index is 0.0667. The van der Waals surface area contributed by atoms with Crippen LogP contribution in [-0.4, -0.2) is 30.7 Å². The first-order chi connectivity index (χ1) is 10.6. The van der Waals surface area contributed by atoms with Crippen LogP contribution in [0.25, 0.3) is 22.4 Å². The van der Waals surface area contributed by atoms with Gasteiger partial charge in [0.05, 0.1) is 0 Å². The van der Waals surface area contributed by atoms with Gasteiger partial charge < -0.3 is 10.2 Å². The predicted octanol–water partition coefficient (Wildman–Crippen LogP) is 1.25. The third-order valence-corrected chi connectivity index (χ3v) is 3.14. The first-order valence-corrected chi connectivity index (χ1v) is 6.43. The highest BCUT2D eigenvalue weighted by Gasteiger charge is 2.15. The molecule has 0 atom stereocenters. The molecule has 1 aromatic carbocycles. The Labute approximate surface area is 124 Å². The molecule has 0 fully saturated rings. The number of benzene rings is 1. The van der Waals surface area contributed by atoms with Gasteiger partial charge in [0.2, 0.25) is 0 Å². The third kappa shape index (κ3) is 2.39. The number of phenols is 1. The van der Waals surface area contributed by atoms with Gasteiger partial charge >= 0.3 is 5.97 Å². The van der Waals surface area contributed by atoms with Crippen LogP contribution in [0.4, 0.5) is 0 Å². The van der Waals surface area contributed by atoms with Crippen molar-refractivity contribution in [1.29, 1.82) is 0 Å². The number of pyridine rings is 1. The summed E-state index contributed by atoms with van der Waals surface area (Å²) >= 11 is 0. The summed E-state index contributed by atoms with van der Waals surface area (Å²) in [6.07, 6.45) is 1.47. The highest BCUT2D eigenvalue weighted by atomic mass is 16.4. The molecule has 2 aromatic heterocycles. The van der Waals surface area contributed by atoms with E-state index in [9.17, 15) is 14.7 Å². The molecule has 0 unspecified atom stereocenters. The molecule has 0 aliphatic heterocycles. The van der Waals surface area contributed by atoms with E-state index in [1.54, 1.807) is 24.3 Å². The number of nitrogens with zero attached hydrogens (tertiary/aromatic N) is 3. The van der Waals surface area contributed by atoms with Crippen LogP contribution in [0, 0.1) is 0 Å². The second-order valence-corrected chi connectivity index (χ2v) is 4.64. The zero-order chi connectivity index (χ0) is 15.7. The van der Waals surface area contributed by atoms with Gasteiger partial charge in [-0.25, -0.2) is 9.97 Å². The van der Waals surface area contributed by atoms with Crippen molar-refractivity contribution in [2.75, 3.05) is 0 Å². The summed E-state index contributed by atoms with van der Waals surface area (Å²) in [5, 5.41) is 18.3. The van der Waals surface area contributed by atoms with Crippen molar-refractivity contribution < 1.29 is 15.0 Å². The topological polar surface area (TPSA) is 105 Å². The quantitative estimate of drug-likeness (QED) is 0.753. The van der Waals surface area contributed by atoms with Gasteiger partial charge in [-0.05, 0) is 36.4 Å². The minimum atomic E-state index is -1.14. The van der Waals surface area contributed by atoms with Crippen LogP contribution in [0.1, 0.15) is 0 Å². The first-order valence-electron chi connectivity index (χ1n) is 6.43. The molecule has 0 bridgehead atoms. The standard InChI is InChI=1S/C15H11N3O4/c19-10-5-3-9(4-6-10)13-15(22)18(8-12(20)21)14-11(17-13)2-1-7-16-14/h1-7,19H,8H2,(H,20,21). The Morgan fingerprint density at radius 1 is 1.18 bits per heavy atom. The van der Waals surface area contributed by atoms with Crippen molar-refractivity contribution in [1.82, 2.24) is 14.5 Å². The van der Waals surface area contributed by atoms with Crippen molar-refractivity contribution >= 4 is 17.1 Å². The number of carboxylic acid groups (broad SMARTS) is 1. The number of carboxylic acids is 1. The maximum absolute atomic E-state index is 12.5. The van der Waals surface area contributed by atoms with Gasteiger partial charge in [0, 0.05) is 11.8 Å². The molecule has 7 heteroatoms. The lowest BCUT2D eigenvalue weighted by Crippen LogP contribution is -2.27. The zero-order valence-corrected chi connectivity index (χ0v) is 11.3. The number of hydrogen-bond acceptors (Lipinski definition) is 5. The number of carbonyl (C=O) groups is 1. The molecule has 3 aromatic rings. The molecule has 0 saturated carbocycles. The number of phenolic OH excluding ortho intramolecular Hbond substituents is 1. The van der Waals surface area contributed by atoms with Gasteiger partial charge in [0.25, 0.3) is 5.56 Å². The normalized spacial score (nSPS) is 10.7. The van der Waals surface area contributed by atoms with E-state index in [1.807, 2.05) is 0 Å². The number of aromatic nitrogens is 3. The average molecular weight is 297 g/mol. The largest absolute Gasteiger partial charge is 0.508 e. The van der Waals surface area contributed by atoms with Crippen LogP contribution in [0.15, 0.2) is 47.4 Å². The molecule has 0 spiro atoms. The lowest BCUT2D eigenvalue weighted by Gasteiger charge is -2.09. The third-order valence-electron chi connectivity index (χ3n) is 3.14. The molecular formula is C15H11N3O4. The highest BCUT2D eigenvalue weighted by molar-refractivity contribution is 5.76. The van der Waals surface area contributed by atoms with Crippen LogP contribution in [0.3, 0.4) is 0 Å². The summed E-state index contributed by atoms with van der Waals surface area (Å²) in [6.45, 7) is -0.500. The smallest absolute Gasteiger partial charge is 0.323 e. The van der Waals surface area contributed by atoms with E-state index in [2.05, 4.69) is 9.97 Å². The van der Waals surface area contributed by atoms with Crippen molar-refractivity contribution in [2.24, 2.45) is 0 Å². The first kappa shape index (κ1) is 13.7. The molecule has 3 rings (SSSR count). The zero-order valence-electron chi connectivity index (χ0n) is 11.3. The second kappa shape index (κ2) is 5.28. The van der Waals surface area contributed by atoms with Crippen molar-refractivity contribution in [2.45, 2.75) is 6.54 Å². The Morgan fingerprint density at radius 3 is 2.59 bits per heavy atom. The van der Waals surface area contributed by atoms with Gasteiger partial charge in [-0.2, -0.15) is 0 Å². The second-order valence-electron chi connectivity index (χ2n) is 4.64. The Kier molecular flexibility index (Phi) is 3.30. The van der Waals surface area contributed by atoms with E-state index in [0.29, 0.717) is 11.1 Å². The summed E-state index contributed by atoms with van der Waals surface area (Å²) in [5.74, 6) is -1.08. The molecule has 0 radical (unpaired) electrons.